The Morgan fingerprint density at radius 2 is 1.67 bits per heavy atom. The third-order valence-electron chi connectivity index (χ3n) is 6.11. The molecule has 1 aliphatic rings. The molecule has 2 N–H and O–H groups in total. The van der Waals surface area contributed by atoms with Crippen molar-refractivity contribution in [1.82, 2.24) is 4.90 Å². The standard InChI is InChI=1S/C22H33NO10/c1-5-14(23-9-7-8-15(23)25)17(19(27)28)18(20(29)30)22(4,6-2)21(31)33-11-10-32-16(26)12-13(3)24/h14,17-18H,5-12H2,1-4H3,(H,27,28)(H,29,30). The molecule has 1 fully saturated rings. The van der Waals surface area contributed by atoms with Gasteiger partial charge in [-0.15, -0.1) is 0 Å². The minimum atomic E-state index is -1.73. The van der Waals surface area contributed by atoms with Crippen molar-refractivity contribution in [2.75, 3.05) is 19.8 Å². The molecule has 4 unspecified atom stereocenters. The number of likely N-dealkylation sites (tertiary alicyclic amines) is 1. The van der Waals surface area contributed by atoms with Crippen LogP contribution in [0.1, 0.15) is 59.8 Å². The van der Waals surface area contributed by atoms with E-state index in [1.165, 1.54) is 18.7 Å². The maximum Gasteiger partial charge on any atom is 0.313 e. The Hall–Kier alpha value is -2.98. The molecule has 11 nitrogen and oxygen atoms in total. The molecule has 0 aromatic rings. The van der Waals surface area contributed by atoms with Gasteiger partial charge in [-0.2, -0.15) is 0 Å². The van der Waals surface area contributed by atoms with Gasteiger partial charge in [-0.25, -0.2) is 0 Å². The number of hydrogen-bond acceptors (Lipinski definition) is 8. The molecule has 11 heteroatoms. The van der Waals surface area contributed by atoms with Crippen LogP contribution in [-0.4, -0.2) is 76.5 Å². The van der Waals surface area contributed by atoms with Crippen molar-refractivity contribution in [2.24, 2.45) is 17.3 Å². The summed E-state index contributed by atoms with van der Waals surface area (Å²) in [5.74, 6) is -8.49. The lowest BCUT2D eigenvalue weighted by Gasteiger charge is -2.40. The molecule has 0 aromatic heterocycles. The number of carboxylic acid groups (broad SMARTS) is 2. The molecule has 0 aliphatic carbocycles. The van der Waals surface area contributed by atoms with E-state index in [-0.39, 0.29) is 44.2 Å². The lowest BCUT2D eigenvalue weighted by atomic mass is 9.66. The van der Waals surface area contributed by atoms with Crippen LogP contribution >= 0.6 is 0 Å². The van der Waals surface area contributed by atoms with Crippen molar-refractivity contribution in [3.63, 3.8) is 0 Å². The van der Waals surface area contributed by atoms with Gasteiger partial charge < -0.3 is 24.6 Å². The summed E-state index contributed by atoms with van der Waals surface area (Å²) in [6.07, 6.45) is 0.551. The topological polar surface area (TPSA) is 165 Å². The van der Waals surface area contributed by atoms with Gasteiger partial charge in [-0.05, 0) is 33.1 Å². The highest BCUT2D eigenvalue weighted by atomic mass is 16.6. The molecule has 4 atom stereocenters. The highest BCUT2D eigenvalue weighted by Crippen LogP contribution is 2.41. The molecule has 0 radical (unpaired) electrons. The molecule has 0 aromatic carbocycles. The number of amides is 1. The number of carbonyl (C=O) groups excluding carboxylic acids is 4. The second-order valence-corrected chi connectivity index (χ2v) is 8.35. The minimum absolute atomic E-state index is 0.0406. The van der Waals surface area contributed by atoms with Crippen LogP contribution in [0.4, 0.5) is 0 Å². The number of aliphatic carboxylic acids is 2. The number of ketones is 1. The second kappa shape index (κ2) is 12.3. The van der Waals surface area contributed by atoms with E-state index in [0.717, 1.165) is 0 Å². The van der Waals surface area contributed by atoms with Crippen LogP contribution in [0.2, 0.25) is 0 Å². The molecule has 0 saturated carbocycles. The van der Waals surface area contributed by atoms with Crippen molar-refractivity contribution < 1.29 is 48.5 Å². The smallest absolute Gasteiger partial charge is 0.313 e. The van der Waals surface area contributed by atoms with E-state index in [1.807, 2.05) is 0 Å². The summed E-state index contributed by atoms with van der Waals surface area (Å²) in [7, 11) is 0. The number of Topliss-reactive ketones (excluding diaryl/α,β-unsaturated/α-hetero) is 1. The largest absolute Gasteiger partial charge is 0.481 e. The van der Waals surface area contributed by atoms with Gasteiger partial charge >= 0.3 is 23.9 Å². The van der Waals surface area contributed by atoms with Crippen LogP contribution in [0.25, 0.3) is 0 Å². The van der Waals surface area contributed by atoms with Crippen molar-refractivity contribution in [3.05, 3.63) is 0 Å². The summed E-state index contributed by atoms with van der Waals surface area (Å²) < 4.78 is 9.92. The second-order valence-electron chi connectivity index (χ2n) is 8.35. The first kappa shape index (κ1) is 28.1. The average molecular weight is 472 g/mol. The highest BCUT2D eigenvalue weighted by molar-refractivity contribution is 5.94. The van der Waals surface area contributed by atoms with Gasteiger partial charge in [0.05, 0.1) is 17.3 Å². The van der Waals surface area contributed by atoms with E-state index < -0.39 is 53.6 Å². The Balaban J connectivity index is 3.11. The average Bonchev–Trinajstić information content (AvgIpc) is 3.15. The first-order valence-electron chi connectivity index (χ1n) is 11.0. The van der Waals surface area contributed by atoms with E-state index in [1.54, 1.807) is 13.8 Å². The number of carbonyl (C=O) groups is 6. The summed E-state index contributed by atoms with van der Waals surface area (Å²) in [4.78, 5) is 73.5. The number of rotatable bonds is 14. The number of hydrogen-bond donors (Lipinski definition) is 2. The van der Waals surface area contributed by atoms with Crippen LogP contribution in [0.3, 0.4) is 0 Å². The van der Waals surface area contributed by atoms with E-state index >= 15 is 0 Å². The monoisotopic (exact) mass is 471 g/mol. The predicted octanol–water partition coefficient (Wildman–Crippen LogP) is 1.27. The Kier molecular flexibility index (Phi) is 10.5. The van der Waals surface area contributed by atoms with E-state index in [2.05, 4.69) is 0 Å². The van der Waals surface area contributed by atoms with Crippen LogP contribution in [0, 0.1) is 17.3 Å². The molecular formula is C22H33NO10. The number of carboxylic acids is 2. The highest BCUT2D eigenvalue weighted by Gasteiger charge is 2.55. The SMILES string of the molecule is CCC(C(C(=O)O)C(C(=O)O)C(C)(CC)C(=O)OCCOC(=O)CC(C)=O)N1CCCC1=O. The fourth-order valence-corrected chi connectivity index (χ4v) is 4.24. The first-order chi connectivity index (χ1) is 15.4. The fraction of sp³-hybridized carbons (Fsp3) is 0.727. The fourth-order valence-electron chi connectivity index (χ4n) is 4.24. The van der Waals surface area contributed by atoms with Crippen molar-refractivity contribution in [2.45, 2.75) is 65.8 Å². The van der Waals surface area contributed by atoms with Gasteiger partial charge in [0.25, 0.3) is 0 Å². The lowest BCUT2D eigenvalue weighted by molar-refractivity contribution is -0.177. The summed E-state index contributed by atoms with van der Waals surface area (Å²) in [6, 6.07) is -0.898. The van der Waals surface area contributed by atoms with Gasteiger partial charge in [-0.3, -0.25) is 28.8 Å². The summed E-state index contributed by atoms with van der Waals surface area (Å²) >= 11 is 0. The third kappa shape index (κ3) is 7.00. The summed E-state index contributed by atoms with van der Waals surface area (Å²) in [5.41, 5.74) is -1.73. The third-order valence-corrected chi connectivity index (χ3v) is 6.11. The molecule has 1 rings (SSSR count). The Morgan fingerprint density at radius 1 is 1.06 bits per heavy atom. The van der Waals surface area contributed by atoms with Gasteiger partial charge in [0.2, 0.25) is 5.91 Å². The normalized spacial score (nSPS) is 18.1. The van der Waals surface area contributed by atoms with Crippen molar-refractivity contribution >= 4 is 35.6 Å². The van der Waals surface area contributed by atoms with Crippen LogP contribution < -0.4 is 0 Å². The maximum atomic E-state index is 12.9. The van der Waals surface area contributed by atoms with E-state index in [4.69, 9.17) is 9.47 Å². The molecule has 0 spiro atoms. The first-order valence-corrected chi connectivity index (χ1v) is 11.0. The molecular weight excluding hydrogens is 438 g/mol. The zero-order valence-corrected chi connectivity index (χ0v) is 19.5. The predicted molar refractivity (Wildman–Crippen MR) is 113 cm³/mol. The summed E-state index contributed by atoms with van der Waals surface area (Å²) in [5, 5.41) is 20.0. The molecule has 1 saturated heterocycles. The zero-order valence-electron chi connectivity index (χ0n) is 19.5. The van der Waals surface area contributed by atoms with Crippen LogP contribution in [-0.2, 0) is 38.2 Å². The minimum Gasteiger partial charge on any atom is -0.481 e. The molecule has 0 bridgehead atoms. The van der Waals surface area contributed by atoms with Crippen molar-refractivity contribution in [3.8, 4) is 0 Å². The molecule has 1 aliphatic heterocycles. The zero-order chi connectivity index (χ0) is 25.3. The molecule has 1 amide bonds. The van der Waals surface area contributed by atoms with Gasteiger partial charge in [-0.1, -0.05) is 13.8 Å². The Morgan fingerprint density at radius 3 is 2.09 bits per heavy atom. The van der Waals surface area contributed by atoms with Crippen molar-refractivity contribution in [1.29, 1.82) is 0 Å². The molecule has 186 valence electrons. The van der Waals surface area contributed by atoms with Gasteiger partial charge in [0.15, 0.2) is 0 Å². The Bertz CT molecular complexity index is 779. The number of ether oxygens (including phenoxy) is 2. The Labute approximate surface area is 192 Å². The van der Waals surface area contributed by atoms with E-state index in [0.29, 0.717) is 13.0 Å². The summed E-state index contributed by atoms with van der Waals surface area (Å²) in [6.45, 7) is 5.36. The quantitative estimate of drug-likeness (QED) is 0.214. The van der Waals surface area contributed by atoms with Gasteiger partial charge in [0.1, 0.15) is 25.4 Å². The van der Waals surface area contributed by atoms with Gasteiger partial charge in [0, 0.05) is 19.0 Å². The van der Waals surface area contributed by atoms with E-state index in [9.17, 15) is 39.0 Å². The molecule has 33 heavy (non-hydrogen) atoms. The van der Waals surface area contributed by atoms with Crippen LogP contribution in [0.15, 0.2) is 0 Å². The number of nitrogens with zero attached hydrogens (tertiary/aromatic N) is 1. The lowest BCUT2D eigenvalue weighted by Crippen LogP contribution is -2.54. The molecule has 1 heterocycles. The number of esters is 2. The van der Waals surface area contributed by atoms with Crippen LogP contribution in [0.5, 0.6) is 0 Å². The maximum absolute atomic E-state index is 12.9.